The van der Waals surface area contributed by atoms with Crippen molar-refractivity contribution in [2.45, 2.75) is 26.4 Å². The number of nitrogens with zero attached hydrogens (tertiary/aromatic N) is 3. The third-order valence-electron chi connectivity index (χ3n) is 4.13. The van der Waals surface area contributed by atoms with Gasteiger partial charge in [-0.3, -0.25) is 14.1 Å². The third kappa shape index (κ3) is 2.46. The van der Waals surface area contributed by atoms with Gasteiger partial charge in [-0.1, -0.05) is 6.07 Å². The molecule has 0 unspecified atom stereocenters. The lowest BCUT2D eigenvalue weighted by Crippen LogP contribution is -2.30. The zero-order chi connectivity index (χ0) is 15.1. The van der Waals surface area contributed by atoms with Crippen LogP contribution in [0.4, 0.5) is 0 Å². The predicted octanol–water partition coefficient (Wildman–Crippen LogP) is 2.62. The molecule has 0 saturated heterocycles. The van der Waals surface area contributed by atoms with Crippen molar-refractivity contribution in [1.29, 1.82) is 0 Å². The van der Waals surface area contributed by atoms with Crippen molar-refractivity contribution in [2.75, 3.05) is 6.54 Å². The lowest BCUT2D eigenvalue weighted by Gasteiger charge is -2.26. The van der Waals surface area contributed by atoms with Crippen molar-refractivity contribution in [3.05, 3.63) is 67.9 Å². The molecule has 4 rings (SSSR count). The van der Waals surface area contributed by atoms with Gasteiger partial charge in [0.15, 0.2) is 0 Å². The van der Waals surface area contributed by atoms with E-state index < -0.39 is 0 Å². The van der Waals surface area contributed by atoms with Gasteiger partial charge in [-0.25, -0.2) is 4.98 Å². The summed E-state index contributed by atoms with van der Waals surface area (Å²) in [6, 6.07) is 7.77. The maximum Gasteiger partial charge on any atom is 0.258 e. The van der Waals surface area contributed by atoms with Gasteiger partial charge in [0, 0.05) is 36.8 Å². The van der Waals surface area contributed by atoms with Gasteiger partial charge < -0.3 is 0 Å². The van der Waals surface area contributed by atoms with E-state index in [9.17, 15) is 4.79 Å². The molecule has 0 radical (unpaired) electrons. The lowest BCUT2D eigenvalue weighted by molar-refractivity contribution is 0.244. The molecule has 0 aromatic carbocycles. The van der Waals surface area contributed by atoms with Crippen LogP contribution in [-0.2, 0) is 19.5 Å². The van der Waals surface area contributed by atoms with Crippen LogP contribution in [0.2, 0.25) is 0 Å². The van der Waals surface area contributed by atoms with Crippen molar-refractivity contribution in [1.82, 2.24) is 14.3 Å². The monoisotopic (exact) mass is 311 g/mol. The van der Waals surface area contributed by atoms with E-state index in [2.05, 4.69) is 21.3 Å². The first kappa shape index (κ1) is 13.7. The highest BCUT2D eigenvalue weighted by Gasteiger charge is 2.18. The number of rotatable bonds is 2. The van der Waals surface area contributed by atoms with Crippen molar-refractivity contribution in [3.63, 3.8) is 0 Å². The number of aromatic nitrogens is 2. The van der Waals surface area contributed by atoms with Crippen LogP contribution in [-0.4, -0.2) is 20.8 Å². The molecule has 0 bridgehead atoms. The minimum Gasteiger partial charge on any atom is -0.293 e. The molecule has 0 fully saturated rings. The molecule has 0 aliphatic carbocycles. The van der Waals surface area contributed by atoms with Crippen molar-refractivity contribution < 1.29 is 0 Å². The molecule has 5 heteroatoms. The Morgan fingerprint density at radius 1 is 1.32 bits per heavy atom. The van der Waals surface area contributed by atoms with Gasteiger partial charge in [0.2, 0.25) is 0 Å². The van der Waals surface area contributed by atoms with Crippen molar-refractivity contribution in [3.8, 4) is 0 Å². The smallest absolute Gasteiger partial charge is 0.258 e. The molecule has 0 atom stereocenters. The lowest BCUT2D eigenvalue weighted by atomic mass is 10.1. The van der Waals surface area contributed by atoms with Crippen LogP contribution in [0.25, 0.3) is 5.65 Å². The average molecular weight is 311 g/mol. The van der Waals surface area contributed by atoms with E-state index in [-0.39, 0.29) is 5.56 Å². The van der Waals surface area contributed by atoms with Gasteiger partial charge >= 0.3 is 0 Å². The van der Waals surface area contributed by atoms with E-state index in [1.807, 2.05) is 36.6 Å². The largest absolute Gasteiger partial charge is 0.293 e. The first-order chi connectivity index (χ1) is 10.7. The molecular formula is C17H17N3OS. The van der Waals surface area contributed by atoms with Gasteiger partial charge in [0.25, 0.3) is 5.56 Å². The highest BCUT2D eigenvalue weighted by atomic mass is 32.1. The Morgan fingerprint density at radius 3 is 3.14 bits per heavy atom. The number of hydrogen-bond donors (Lipinski definition) is 0. The van der Waals surface area contributed by atoms with Gasteiger partial charge in [0.1, 0.15) is 5.65 Å². The standard InChI is InChI=1S/C17H17N3OS/c1-12-2-3-16-18-14(8-17(21)20(16)9-12)11-19-6-4-15-13(10-19)5-7-22-15/h2-3,5,7-9H,4,6,10-11H2,1H3. The minimum atomic E-state index is -0.00284. The molecule has 0 spiro atoms. The highest BCUT2D eigenvalue weighted by molar-refractivity contribution is 7.10. The van der Waals surface area contributed by atoms with Crippen LogP contribution in [0.5, 0.6) is 0 Å². The third-order valence-corrected chi connectivity index (χ3v) is 5.16. The fourth-order valence-corrected chi connectivity index (χ4v) is 3.90. The van der Waals surface area contributed by atoms with Crippen LogP contribution in [0.15, 0.2) is 40.6 Å². The Bertz CT molecular complexity index is 896. The van der Waals surface area contributed by atoms with Crippen LogP contribution in [0, 0.1) is 6.92 Å². The van der Waals surface area contributed by atoms with Crippen molar-refractivity contribution in [2.24, 2.45) is 0 Å². The summed E-state index contributed by atoms with van der Waals surface area (Å²) in [5, 5.41) is 2.16. The summed E-state index contributed by atoms with van der Waals surface area (Å²) in [6.45, 7) is 4.69. The SMILES string of the molecule is Cc1ccc2nc(CN3CCc4sccc4C3)cc(=O)n2c1. The molecule has 1 aliphatic heterocycles. The second-order valence-electron chi connectivity index (χ2n) is 5.85. The van der Waals surface area contributed by atoms with Gasteiger partial charge in [0.05, 0.1) is 5.69 Å². The van der Waals surface area contributed by atoms with Crippen molar-refractivity contribution >= 4 is 17.0 Å². The first-order valence-corrected chi connectivity index (χ1v) is 8.33. The van der Waals surface area contributed by atoms with E-state index in [0.717, 1.165) is 43.0 Å². The highest BCUT2D eigenvalue weighted by Crippen LogP contribution is 2.24. The Morgan fingerprint density at radius 2 is 2.23 bits per heavy atom. The molecule has 3 aromatic heterocycles. The van der Waals surface area contributed by atoms with Gasteiger partial charge in [-0.15, -0.1) is 11.3 Å². The fraction of sp³-hybridized carbons (Fsp3) is 0.294. The fourth-order valence-electron chi connectivity index (χ4n) is 3.01. The Labute approximate surface area is 132 Å². The van der Waals surface area contributed by atoms with Crippen LogP contribution in [0.3, 0.4) is 0 Å². The number of fused-ring (bicyclic) bond motifs is 2. The molecule has 0 N–H and O–H groups in total. The minimum absolute atomic E-state index is 0.00284. The molecule has 3 aromatic rings. The topological polar surface area (TPSA) is 37.6 Å². The van der Waals surface area contributed by atoms with Gasteiger partial charge in [-0.2, -0.15) is 0 Å². The second-order valence-corrected chi connectivity index (χ2v) is 6.85. The molecule has 0 saturated carbocycles. The summed E-state index contributed by atoms with van der Waals surface area (Å²) in [6.07, 6.45) is 2.94. The maximum atomic E-state index is 12.3. The van der Waals surface area contributed by atoms with Gasteiger partial charge in [-0.05, 0) is 42.0 Å². The first-order valence-electron chi connectivity index (χ1n) is 7.45. The summed E-state index contributed by atoms with van der Waals surface area (Å²) in [7, 11) is 0. The second kappa shape index (κ2) is 5.34. The summed E-state index contributed by atoms with van der Waals surface area (Å²) >= 11 is 1.84. The Kier molecular flexibility index (Phi) is 3.32. The average Bonchev–Trinajstić information content (AvgIpc) is 2.96. The maximum absolute atomic E-state index is 12.3. The molecule has 1 aliphatic rings. The summed E-state index contributed by atoms with van der Waals surface area (Å²) < 4.78 is 1.62. The van der Waals surface area contributed by atoms with E-state index in [1.165, 1.54) is 10.4 Å². The summed E-state index contributed by atoms with van der Waals surface area (Å²) in [5.74, 6) is 0. The molecule has 0 amide bonds. The Hall–Kier alpha value is -1.98. The van der Waals surface area contributed by atoms with Crippen LogP contribution < -0.4 is 5.56 Å². The normalized spacial score (nSPS) is 15.1. The predicted molar refractivity (Wildman–Crippen MR) is 88.3 cm³/mol. The number of pyridine rings is 1. The van der Waals surface area contributed by atoms with Crippen LogP contribution >= 0.6 is 11.3 Å². The summed E-state index contributed by atoms with van der Waals surface area (Å²) in [5.41, 5.74) is 4.06. The molecular weight excluding hydrogens is 294 g/mol. The number of hydrogen-bond acceptors (Lipinski definition) is 4. The zero-order valence-corrected chi connectivity index (χ0v) is 13.3. The Balaban J connectivity index is 1.63. The molecule has 4 nitrogen and oxygen atoms in total. The zero-order valence-electron chi connectivity index (χ0n) is 12.5. The van der Waals surface area contributed by atoms with E-state index in [0.29, 0.717) is 0 Å². The summed E-state index contributed by atoms with van der Waals surface area (Å²) in [4.78, 5) is 20.8. The molecule has 22 heavy (non-hydrogen) atoms. The van der Waals surface area contributed by atoms with E-state index in [4.69, 9.17) is 0 Å². The van der Waals surface area contributed by atoms with E-state index in [1.54, 1.807) is 10.5 Å². The number of thiophene rings is 1. The van der Waals surface area contributed by atoms with E-state index >= 15 is 0 Å². The molecule has 112 valence electrons. The number of aryl methyl sites for hydroxylation is 1. The quantitative estimate of drug-likeness (QED) is 0.730. The molecule has 4 heterocycles. The van der Waals surface area contributed by atoms with Crippen LogP contribution in [0.1, 0.15) is 21.7 Å².